The van der Waals surface area contributed by atoms with Crippen LogP contribution in [0, 0.1) is 17.8 Å². The van der Waals surface area contributed by atoms with Crippen LogP contribution in [0.25, 0.3) is 0 Å². The molecule has 1 spiro atoms. The van der Waals surface area contributed by atoms with Crippen LogP contribution in [0.4, 0.5) is 13.2 Å². The van der Waals surface area contributed by atoms with E-state index in [2.05, 4.69) is 6.58 Å². The molecule has 1 heterocycles. The smallest absolute Gasteiger partial charge is 0.443 e. The maximum atomic E-state index is 13.7. The van der Waals surface area contributed by atoms with Crippen LogP contribution in [0.5, 0.6) is 0 Å². The normalized spacial score (nSPS) is 47.9. The zero-order chi connectivity index (χ0) is 19.9. The fourth-order valence-electron chi connectivity index (χ4n) is 6.31. The lowest BCUT2D eigenvalue weighted by Crippen LogP contribution is -2.73. The number of ether oxygens (including phenoxy) is 3. The summed E-state index contributed by atoms with van der Waals surface area (Å²) < 4.78 is 57.8. The molecule has 3 unspecified atom stereocenters. The Hall–Kier alpha value is -1.12. The van der Waals surface area contributed by atoms with Crippen LogP contribution in [-0.4, -0.2) is 40.0 Å². The minimum atomic E-state index is -4.93. The van der Waals surface area contributed by atoms with Gasteiger partial charge in [0.1, 0.15) is 5.60 Å². The van der Waals surface area contributed by atoms with Gasteiger partial charge in [-0.15, -0.1) is 0 Å². The lowest BCUT2D eigenvalue weighted by molar-refractivity contribution is -0.493. The molecule has 4 saturated carbocycles. The second-order valence-corrected chi connectivity index (χ2v) is 9.17. The van der Waals surface area contributed by atoms with Crippen molar-refractivity contribution >= 4 is 5.97 Å². The van der Waals surface area contributed by atoms with Crippen LogP contribution in [0.15, 0.2) is 12.7 Å². The van der Waals surface area contributed by atoms with E-state index < -0.39 is 41.3 Å². The van der Waals surface area contributed by atoms with Crippen molar-refractivity contribution in [2.24, 2.45) is 17.8 Å². The summed E-state index contributed by atoms with van der Waals surface area (Å²) in [5, 5.41) is 10.4. The molecule has 1 N–H and O–H groups in total. The summed E-state index contributed by atoms with van der Waals surface area (Å²) >= 11 is 0. The molecule has 5 aliphatic rings. The van der Waals surface area contributed by atoms with Crippen LogP contribution in [0.3, 0.4) is 0 Å². The number of rotatable bonds is 2. The number of halogens is 3. The van der Waals surface area contributed by atoms with Crippen molar-refractivity contribution in [1.29, 1.82) is 0 Å². The van der Waals surface area contributed by atoms with E-state index in [0.717, 1.165) is 12.5 Å². The Morgan fingerprint density at radius 1 is 1.19 bits per heavy atom. The molecule has 0 aromatic heterocycles. The summed E-state index contributed by atoms with van der Waals surface area (Å²) in [7, 11) is 0. The second-order valence-electron chi connectivity index (χ2n) is 9.17. The molecular weight excluding hydrogens is 365 g/mol. The van der Waals surface area contributed by atoms with E-state index in [9.17, 15) is 23.1 Å². The first-order valence-electron chi connectivity index (χ1n) is 9.37. The third-order valence-electron chi connectivity index (χ3n) is 6.81. The summed E-state index contributed by atoms with van der Waals surface area (Å²) in [6.07, 6.45) is -1.47. The Kier molecular flexibility index (Phi) is 3.90. The van der Waals surface area contributed by atoms with Gasteiger partial charge in [0.2, 0.25) is 0 Å². The van der Waals surface area contributed by atoms with E-state index in [0.29, 0.717) is 25.7 Å². The lowest BCUT2D eigenvalue weighted by atomic mass is 9.46. The summed E-state index contributed by atoms with van der Waals surface area (Å²) in [5.41, 5.74) is -1.82. The van der Waals surface area contributed by atoms with E-state index in [1.54, 1.807) is 0 Å². The minimum Gasteiger partial charge on any atom is -0.456 e. The van der Waals surface area contributed by atoms with E-state index in [1.165, 1.54) is 13.8 Å². The molecule has 0 amide bonds. The second kappa shape index (κ2) is 5.48. The van der Waals surface area contributed by atoms with Crippen molar-refractivity contribution in [3.05, 3.63) is 12.7 Å². The fraction of sp³-hybridized carbons (Fsp3) is 0.842. The number of carbonyl (C=O) groups excluding carboxylic acids is 1. The highest BCUT2D eigenvalue weighted by molar-refractivity contribution is 5.81. The maximum Gasteiger partial charge on any atom is 0.443 e. The van der Waals surface area contributed by atoms with Gasteiger partial charge >= 0.3 is 12.1 Å². The highest BCUT2D eigenvalue weighted by atomic mass is 19.4. The molecule has 0 radical (unpaired) electrons. The van der Waals surface area contributed by atoms with E-state index in [-0.39, 0.29) is 17.8 Å². The third kappa shape index (κ3) is 2.83. The van der Waals surface area contributed by atoms with Gasteiger partial charge in [-0.25, -0.2) is 4.79 Å². The first kappa shape index (κ1) is 19.2. The van der Waals surface area contributed by atoms with Crippen LogP contribution in [0.2, 0.25) is 0 Å². The Bertz CT molecular complexity index is 657. The van der Waals surface area contributed by atoms with E-state index >= 15 is 0 Å². The Labute approximate surface area is 155 Å². The molecule has 4 bridgehead atoms. The maximum absolute atomic E-state index is 13.7. The van der Waals surface area contributed by atoms with Gasteiger partial charge in [0.25, 0.3) is 5.79 Å². The fourth-order valence-corrected chi connectivity index (χ4v) is 6.31. The number of alkyl halides is 3. The highest BCUT2D eigenvalue weighted by Crippen LogP contribution is 2.66. The van der Waals surface area contributed by atoms with Crippen molar-refractivity contribution in [3.8, 4) is 0 Å². The van der Waals surface area contributed by atoms with E-state index in [1.807, 2.05) is 0 Å². The summed E-state index contributed by atoms with van der Waals surface area (Å²) in [5.74, 6) is -5.54. The molecule has 3 atom stereocenters. The molecule has 1 saturated heterocycles. The monoisotopic (exact) mass is 390 g/mol. The number of hydrogen-bond acceptors (Lipinski definition) is 5. The Morgan fingerprint density at radius 2 is 1.78 bits per heavy atom. The first-order valence-corrected chi connectivity index (χ1v) is 9.37. The van der Waals surface area contributed by atoms with Gasteiger partial charge in [0.15, 0.2) is 5.79 Å². The van der Waals surface area contributed by atoms with Crippen LogP contribution in [0.1, 0.15) is 52.4 Å². The van der Waals surface area contributed by atoms with Crippen molar-refractivity contribution in [2.45, 2.75) is 81.3 Å². The zero-order valence-electron chi connectivity index (χ0n) is 15.5. The highest BCUT2D eigenvalue weighted by Gasteiger charge is 2.73. The average Bonchev–Trinajstić information content (AvgIpc) is 2.49. The van der Waals surface area contributed by atoms with Gasteiger partial charge < -0.3 is 19.3 Å². The van der Waals surface area contributed by atoms with E-state index in [4.69, 9.17) is 14.2 Å². The van der Waals surface area contributed by atoms with Crippen LogP contribution < -0.4 is 0 Å². The molecule has 4 aliphatic carbocycles. The van der Waals surface area contributed by atoms with Crippen molar-refractivity contribution < 1.29 is 37.3 Å². The van der Waals surface area contributed by atoms with Gasteiger partial charge in [0.05, 0.1) is 5.60 Å². The number of hydrogen-bond donors (Lipinski definition) is 1. The van der Waals surface area contributed by atoms with Gasteiger partial charge in [0, 0.05) is 12.5 Å². The molecular formula is C19H25F3O5. The zero-order valence-corrected chi connectivity index (χ0v) is 15.5. The molecule has 8 heteroatoms. The summed E-state index contributed by atoms with van der Waals surface area (Å²) in [4.78, 5) is 11.8. The van der Waals surface area contributed by atoms with Crippen molar-refractivity contribution in [3.63, 3.8) is 0 Å². The molecule has 0 aromatic rings. The SMILES string of the molecule is C=CC(=O)OC12CC3CC(C1)C1(CC(O)(C(F)(F)F)OC(C)(C)O1)C(C3)C2. The van der Waals surface area contributed by atoms with Gasteiger partial charge in [-0.1, -0.05) is 6.58 Å². The molecule has 27 heavy (non-hydrogen) atoms. The van der Waals surface area contributed by atoms with Crippen LogP contribution in [-0.2, 0) is 19.0 Å². The average molecular weight is 390 g/mol. The third-order valence-corrected chi connectivity index (χ3v) is 6.81. The number of aliphatic hydroxyl groups is 1. The Balaban J connectivity index is 1.70. The molecule has 5 rings (SSSR count). The molecule has 5 nitrogen and oxygen atoms in total. The molecule has 1 aliphatic heterocycles. The number of carbonyl (C=O) groups is 1. The molecule has 152 valence electrons. The summed E-state index contributed by atoms with van der Waals surface area (Å²) in [6.45, 7) is 6.25. The summed E-state index contributed by atoms with van der Waals surface area (Å²) in [6, 6.07) is 0. The first-order chi connectivity index (χ1) is 12.3. The van der Waals surface area contributed by atoms with Gasteiger partial charge in [-0.05, 0) is 63.7 Å². The Morgan fingerprint density at radius 3 is 2.30 bits per heavy atom. The lowest BCUT2D eigenvalue weighted by Gasteiger charge is -2.67. The molecule has 0 aromatic carbocycles. The predicted octanol–water partition coefficient (Wildman–Crippen LogP) is 3.46. The van der Waals surface area contributed by atoms with Crippen molar-refractivity contribution in [2.75, 3.05) is 0 Å². The van der Waals surface area contributed by atoms with Crippen molar-refractivity contribution in [1.82, 2.24) is 0 Å². The standard InChI is InChI=1S/C19H25F3O5/c1-4-14(23)25-16-7-11-5-12(8-16)17(13(6-11)9-16)10-18(24,19(20,21)22)27-15(2,3)26-17/h4,11-13,24H,1,5-10H2,2-3H3. The van der Waals surface area contributed by atoms with Gasteiger partial charge in [-0.2, -0.15) is 13.2 Å². The van der Waals surface area contributed by atoms with Gasteiger partial charge in [-0.3, -0.25) is 0 Å². The topological polar surface area (TPSA) is 65.0 Å². The molecule has 5 fully saturated rings. The predicted molar refractivity (Wildman–Crippen MR) is 87.2 cm³/mol. The van der Waals surface area contributed by atoms with Crippen LogP contribution >= 0.6 is 0 Å². The minimum absolute atomic E-state index is 0.238. The largest absolute Gasteiger partial charge is 0.456 e. The quantitative estimate of drug-likeness (QED) is 0.578. The number of esters is 1.